The van der Waals surface area contributed by atoms with Crippen LogP contribution in [-0.2, 0) is 0 Å². The Hall–Kier alpha value is -9.28. The monoisotopic (exact) mass is 1520 g/mol. The van der Waals surface area contributed by atoms with Gasteiger partial charge in [-0.15, -0.1) is 0 Å². The second-order valence-electron chi connectivity index (χ2n) is 21.8. The van der Waals surface area contributed by atoms with Crippen LogP contribution in [-0.4, -0.2) is 23.4 Å². The third-order valence-electron chi connectivity index (χ3n) is 16.4. The standard InChI is InChI=1S/C42H25Br3N2O2.C30H17BrF2N2.C6H5BrO/c43-31-16-6-10-20-36(31)48-38-24-27(25-39(41(38)45)49-37-21-11-7-17-32(37)44)47-33-18-8-4-14-28(33)29-22-23-35-40(42(29)47)30-15-5-9-19-34(30)46(35)26-12-2-1-3-13-26;31-29-23(32)16-19(17-24(29)33)35-25-12-6-4-10-20(25)21-14-15-27-28(30(21)35)22-11-5-7-13-26(22)34(27)18-8-2-1-3-9-18;7-5-3-1-2-4-6(5)8/h1-25H;1-17H;1-4,8H. The summed E-state index contributed by atoms with van der Waals surface area (Å²) in [6.45, 7) is 0. The summed E-state index contributed by atoms with van der Waals surface area (Å²) in [5.74, 6) is 1.65. The fourth-order valence-electron chi connectivity index (χ4n) is 12.5. The van der Waals surface area contributed by atoms with Crippen molar-refractivity contribution in [1.29, 1.82) is 0 Å². The number of aromatic nitrogens is 4. The molecule has 0 radical (unpaired) electrons. The Labute approximate surface area is 568 Å². The molecule has 4 aromatic heterocycles. The molecule has 4 heterocycles. The Kier molecular flexibility index (Phi) is 15.9. The molecule has 14 heteroatoms. The van der Waals surface area contributed by atoms with Crippen LogP contribution in [0, 0.1) is 11.6 Å². The molecule has 13 aromatic carbocycles. The first-order valence-electron chi connectivity index (χ1n) is 29.3. The molecule has 0 spiro atoms. The lowest BCUT2D eigenvalue weighted by Crippen LogP contribution is -1.99. The summed E-state index contributed by atoms with van der Waals surface area (Å²) in [7, 11) is 0. The van der Waals surface area contributed by atoms with E-state index in [0.717, 1.165) is 96.2 Å². The largest absolute Gasteiger partial charge is 0.507 e. The molecule has 92 heavy (non-hydrogen) atoms. The van der Waals surface area contributed by atoms with Gasteiger partial charge in [0.15, 0.2) is 0 Å². The first kappa shape index (κ1) is 59.1. The van der Waals surface area contributed by atoms with E-state index in [0.29, 0.717) is 33.2 Å². The van der Waals surface area contributed by atoms with Crippen molar-refractivity contribution in [2.24, 2.45) is 0 Å². The topological polar surface area (TPSA) is 58.4 Å². The Morgan fingerprint density at radius 2 is 0.620 bits per heavy atom. The van der Waals surface area contributed by atoms with E-state index >= 15 is 0 Å². The molecule has 0 amide bonds. The molecule has 0 bridgehead atoms. The average Bonchev–Trinajstić information content (AvgIpc) is 1.55. The molecule has 0 unspecified atom stereocenters. The van der Waals surface area contributed by atoms with Crippen LogP contribution in [0.5, 0.6) is 28.7 Å². The molecule has 446 valence electrons. The minimum Gasteiger partial charge on any atom is -0.507 e. The van der Waals surface area contributed by atoms with Gasteiger partial charge >= 0.3 is 0 Å². The van der Waals surface area contributed by atoms with Gasteiger partial charge in [0, 0.05) is 66.6 Å². The Morgan fingerprint density at radius 1 is 0.272 bits per heavy atom. The molecule has 0 saturated carbocycles. The summed E-state index contributed by atoms with van der Waals surface area (Å²) in [5.41, 5.74) is 11.9. The zero-order valence-electron chi connectivity index (χ0n) is 48.3. The van der Waals surface area contributed by atoms with Gasteiger partial charge < -0.3 is 32.8 Å². The maximum atomic E-state index is 14.7. The predicted octanol–water partition coefficient (Wildman–Crippen LogP) is 24.8. The number of halogens is 7. The average molecular weight is 1530 g/mol. The van der Waals surface area contributed by atoms with Gasteiger partial charge in [-0.05, 0) is 189 Å². The highest BCUT2D eigenvalue weighted by molar-refractivity contribution is 9.11. The summed E-state index contributed by atoms with van der Waals surface area (Å²) < 4.78 is 54.6. The summed E-state index contributed by atoms with van der Waals surface area (Å²) in [4.78, 5) is 0. The normalized spacial score (nSPS) is 11.5. The number of hydrogen-bond acceptors (Lipinski definition) is 3. The highest BCUT2D eigenvalue weighted by atomic mass is 79.9. The number of benzene rings is 13. The van der Waals surface area contributed by atoms with Crippen molar-refractivity contribution in [3.63, 3.8) is 0 Å². The lowest BCUT2D eigenvalue weighted by molar-refractivity contribution is 0.451. The van der Waals surface area contributed by atoms with E-state index in [1.54, 1.807) is 18.2 Å². The van der Waals surface area contributed by atoms with Crippen LogP contribution in [0.15, 0.2) is 301 Å². The first-order chi connectivity index (χ1) is 45.0. The quantitative estimate of drug-likeness (QED) is 0.154. The molecule has 7 nitrogen and oxygen atoms in total. The number of phenolic OH excluding ortho intramolecular Hbond substituents is 1. The third kappa shape index (κ3) is 10.4. The van der Waals surface area contributed by atoms with Crippen molar-refractivity contribution < 1.29 is 23.4 Å². The van der Waals surface area contributed by atoms with E-state index in [1.165, 1.54) is 33.7 Å². The third-order valence-corrected chi connectivity index (χ3v) is 19.9. The molecule has 0 atom stereocenters. The van der Waals surface area contributed by atoms with Gasteiger partial charge in [0.2, 0.25) is 0 Å². The number of rotatable bonds is 8. The highest BCUT2D eigenvalue weighted by Gasteiger charge is 2.25. The van der Waals surface area contributed by atoms with Gasteiger partial charge in [0.25, 0.3) is 0 Å². The fraction of sp³-hybridized carbons (Fsp3) is 0. The van der Waals surface area contributed by atoms with Gasteiger partial charge in [-0.2, -0.15) is 0 Å². The highest BCUT2D eigenvalue weighted by Crippen LogP contribution is 2.48. The van der Waals surface area contributed by atoms with Crippen molar-refractivity contribution in [3.8, 4) is 51.5 Å². The van der Waals surface area contributed by atoms with E-state index in [4.69, 9.17) is 14.6 Å². The van der Waals surface area contributed by atoms with E-state index in [-0.39, 0.29) is 10.2 Å². The lowest BCUT2D eigenvalue weighted by atomic mass is 10.1. The molecule has 0 aliphatic rings. The summed E-state index contributed by atoms with van der Waals surface area (Å²) in [6.07, 6.45) is 0. The molecule has 17 aromatic rings. The van der Waals surface area contributed by atoms with Crippen molar-refractivity contribution in [2.75, 3.05) is 0 Å². The molecule has 0 saturated heterocycles. The molecule has 0 fully saturated rings. The SMILES string of the molecule is Brc1ccccc1Oc1cc(-n2c3ccccc3c3ccc4c(c5ccccc5n4-c4ccccc4)c32)cc(Oc2ccccc2Br)c1Br.Fc1cc(-n2c3ccccc3c3ccc4c(c5ccccc5n4-c4ccccc4)c32)cc(F)c1Br.Oc1ccccc1Br. The maximum absolute atomic E-state index is 14.7. The van der Waals surface area contributed by atoms with E-state index in [9.17, 15) is 8.78 Å². The molecular weight excluding hydrogens is 1480 g/mol. The molecule has 0 aliphatic heterocycles. The van der Waals surface area contributed by atoms with Crippen LogP contribution in [0.3, 0.4) is 0 Å². The molecule has 1 N–H and O–H groups in total. The van der Waals surface area contributed by atoms with Crippen molar-refractivity contribution in [2.45, 2.75) is 0 Å². The van der Waals surface area contributed by atoms with Crippen molar-refractivity contribution in [3.05, 3.63) is 313 Å². The number of phenols is 1. The predicted molar refractivity (Wildman–Crippen MR) is 390 cm³/mol. The minimum atomic E-state index is -0.634. The second-order valence-corrected chi connectivity index (χ2v) is 25.9. The van der Waals surface area contributed by atoms with Gasteiger partial charge in [-0.25, -0.2) is 8.78 Å². The Bertz CT molecular complexity index is 5620. The van der Waals surface area contributed by atoms with Crippen molar-refractivity contribution >= 4 is 167 Å². The van der Waals surface area contributed by atoms with Gasteiger partial charge in [0.05, 0.1) is 73.4 Å². The fourth-order valence-corrected chi connectivity index (χ4v) is 14.2. The van der Waals surface area contributed by atoms with Crippen LogP contribution in [0.1, 0.15) is 0 Å². The zero-order chi connectivity index (χ0) is 62.7. The summed E-state index contributed by atoms with van der Waals surface area (Å²) in [6, 6.07) is 92.8. The van der Waals surface area contributed by atoms with Crippen LogP contribution in [0.2, 0.25) is 0 Å². The van der Waals surface area contributed by atoms with Gasteiger partial charge in [0.1, 0.15) is 44.9 Å². The lowest BCUT2D eigenvalue weighted by Gasteiger charge is -2.18. The molecular formula is C78H47Br5F2N4O3. The van der Waals surface area contributed by atoms with Crippen LogP contribution in [0.25, 0.3) is 110 Å². The van der Waals surface area contributed by atoms with Crippen LogP contribution >= 0.6 is 79.6 Å². The minimum absolute atomic E-state index is 0.159. The van der Waals surface area contributed by atoms with E-state index in [2.05, 4.69) is 239 Å². The van der Waals surface area contributed by atoms with Crippen LogP contribution < -0.4 is 9.47 Å². The van der Waals surface area contributed by atoms with E-state index < -0.39 is 11.6 Å². The Morgan fingerprint density at radius 3 is 1.02 bits per heavy atom. The molecule has 17 rings (SSSR count). The maximum Gasteiger partial charge on any atom is 0.147 e. The van der Waals surface area contributed by atoms with E-state index in [1.807, 2.05) is 108 Å². The van der Waals surface area contributed by atoms with Gasteiger partial charge in [-0.1, -0.05) is 158 Å². The smallest absolute Gasteiger partial charge is 0.147 e. The van der Waals surface area contributed by atoms with Crippen molar-refractivity contribution in [1.82, 2.24) is 18.3 Å². The number of ether oxygens (including phenoxy) is 2. The Balaban J connectivity index is 0.000000142. The summed E-state index contributed by atoms with van der Waals surface area (Å²) >= 11 is 17.3. The number of aromatic hydroxyl groups is 1. The number of fused-ring (bicyclic) bond motifs is 14. The first-order valence-corrected chi connectivity index (χ1v) is 33.3. The van der Waals surface area contributed by atoms with Crippen LogP contribution in [0.4, 0.5) is 8.78 Å². The summed E-state index contributed by atoms with van der Waals surface area (Å²) in [5, 5.41) is 17.8. The second kappa shape index (κ2) is 24.7. The molecule has 0 aliphatic carbocycles. The number of hydrogen-bond donors (Lipinski definition) is 1. The number of nitrogens with zero attached hydrogens (tertiary/aromatic N) is 4. The number of para-hydroxylation sites is 9. The zero-order valence-corrected chi connectivity index (χ0v) is 56.2. The van der Waals surface area contributed by atoms with Gasteiger partial charge in [-0.3, -0.25) is 0 Å².